The van der Waals surface area contributed by atoms with E-state index < -0.39 is 11.2 Å². The van der Waals surface area contributed by atoms with Crippen LogP contribution >= 0.6 is 0 Å². The maximum absolute atomic E-state index is 11.2. The van der Waals surface area contributed by atoms with Crippen LogP contribution in [-0.4, -0.2) is 29.6 Å². The van der Waals surface area contributed by atoms with Gasteiger partial charge in [-0.25, -0.2) is 0 Å². The van der Waals surface area contributed by atoms with Crippen molar-refractivity contribution < 1.29 is 19.1 Å². The van der Waals surface area contributed by atoms with Crippen LogP contribution in [0.4, 0.5) is 0 Å². The third-order valence-corrected chi connectivity index (χ3v) is 3.64. The topological polar surface area (TPSA) is 52.6 Å². The van der Waals surface area contributed by atoms with E-state index >= 15 is 0 Å². The summed E-state index contributed by atoms with van der Waals surface area (Å²) in [7, 11) is 0. The van der Waals surface area contributed by atoms with E-state index in [1.165, 1.54) is 0 Å². The highest BCUT2D eigenvalue weighted by Crippen LogP contribution is 2.48. The maximum atomic E-state index is 11.2. The molecule has 0 saturated carbocycles. The zero-order valence-electron chi connectivity index (χ0n) is 9.12. The van der Waals surface area contributed by atoms with Gasteiger partial charge in [-0.1, -0.05) is 13.8 Å². The molecule has 0 aromatic rings. The largest absolute Gasteiger partial charge is 0.456 e. The van der Waals surface area contributed by atoms with Gasteiger partial charge >= 0.3 is 5.97 Å². The van der Waals surface area contributed by atoms with Crippen LogP contribution in [0.5, 0.6) is 0 Å². The number of aldehydes is 1. The summed E-state index contributed by atoms with van der Waals surface area (Å²) in [5, 5.41) is 0. The molecule has 4 nitrogen and oxygen atoms in total. The molecule has 15 heavy (non-hydrogen) atoms. The fourth-order valence-corrected chi connectivity index (χ4v) is 2.59. The monoisotopic (exact) mass is 212 g/mol. The van der Waals surface area contributed by atoms with Gasteiger partial charge in [-0.3, -0.25) is 4.79 Å². The molecule has 2 aliphatic rings. The summed E-state index contributed by atoms with van der Waals surface area (Å²) < 4.78 is 11.1. The van der Waals surface area contributed by atoms with Gasteiger partial charge in [-0.05, 0) is 12.8 Å². The number of esters is 1. The van der Waals surface area contributed by atoms with E-state index in [-0.39, 0.29) is 18.5 Å². The lowest BCUT2D eigenvalue weighted by Gasteiger charge is -2.25. The number of rotatable bonds is 3. The second kappa shape index (κ2) is 3.30. The third kappa shape index (κ3) is 1.39. The fourth-order valence-electron chi connectivity index (χ4n) is 2.59. The van der Waals surface area contributed by atoms with Crippen molar-refractivity contribution in [1.82, 2.24) is 0 Å². The average Bonchev–Trinajstić information content (AvgIpc) is 2.68. The molecule has 4 heteroatoms. The van der Waals surface area contributed by atoms with Crippen molar-refractivity contribution in [3.05, 3.63) is 0 Å². The highest BCUT2D eigenvalue weighted by molar-refractivity contribution is 5.75. The van der Waals surface area contributed by atoms with Gasteiger partial charge in [-0.15, -0.1) is 0 Å². The molecule has 0 aliphatic carbocycles. The van der Waals surface area contributed by atoms with Gasteiger partial charge in [0.2, 0.25) is 0 Å². The molecule has 0 aromatic heterocycles. The number of hydrogen-bond acceptors (Lipinski definition) is 4. The van der Waals surface area contributed by atoms with E-state index in [0.717, 1.165) is 6.29 Å². The predicted molar refractivity (Wildman–Crippen MR) is 52.3 cm³/mol. The molecule has 2 rings (SSSR count). The van der Waals surface area contributed by atoms with Crippen molar-refractivity contribution in [2.24, 2.45) is 0 Å². The number of carbonyl (C=O) groups is 2. The van der Waals surface area contributed by atoms with Crippen LogP contribution in [0.15, 0.2) is 0 Å². The second-order valence-corrected chi connectivity index (χ2v) is 4.42. The number of fused-ring (bicyclic) bond motifs is 1. The highest BCUT2D eigenvalue weighted by atomic mass is 16.6. The molecule has 0 N–H and O–H groups in total. The van der Waals surface area contributed by atoms with Crippen LogP contribution in [0.2, 0.25) is 0 Å². The second-order valence-electron chi connectivity index (χ2n) is 4.42. The van der Waals surface area contributed by atoms with Crippen molar-refractivity contribution in [3.8, 4) is 0 Å². The molecular formula is C11H16O4. The molecule has 0 spiro atoms. The molecule has 2 aliphatic heterocycles. The van der Waals surface area contributed by atoms with Crippen molar-refractivity contribution in [1.29, 1.82) is 0 Å². The van der Waals surface area contributed by atoms with Gasteiger partial charge in [0.15, 0.2) is 6.29 Å². The molecular weight excluding hydrogens is 196 g/mol. The first-order valence-electron chi connectivity index (χ1n) is 5.46. The summed E-state index contributed by atoms with van der Waals surface area (Å²) in [5.74, 6) is -0.211. The zero-order chi connectivity index (χ0) is 11.1. The summed E-state index contributed by atoms with van der Waals surface area (Å²) in [6, 6.07) is 0. The van der Waals surface area contributed by atoms with E-state index in [1.807, 2.05) is 13.8 Å². The Morgan fingerprint density at radius 3 is 2.67 bits per heavy atom. The molecule has 0 bridgehead atoms. The summed E-state index contributed by atoms with van der Waals surface area (Å²) >= 11 is 0. The van der Waals surface area contributed by atoms with Crippen molar-refractivity contribution in [3.63, 3.8) is 0 Å². The van der Waals surface area contributed by atoms with E-state index in [0.29, 0.717) is 19.3 Å². The smallest absolute Gasteiger partial charge is 0.309 e. The van der Waals surface area contributed by atoms with Crippen LogP contribution in [0.1, 0.15) is 39.5 Å². The number of hydrogen-bond donors (Lipinski definition) is 0. The molecule has 84 valence electrons. The first kappa shape index (κ1) is 10.6. The molecule has 2 heterocycles. The Hall–Kier alpha value is -0.900. The molecule has 3 atom stereocenters. The van der Waals surface area contributed by atoms with Crippen LogP contribution in [0.3, 0.4) is 0 Å². The van der Waals surface area contributed by atoms with Gasteiger partial charge in [0.25, 0.3) is 0 Å². The fraction of sp³-hybridized carbons (Fsp3) is 0.818. The van der Waals surface area contributed by atoms with E-state index in [4.69, 9.17) is 9.47 Å². The quantitative estimate of drug-likeness (QED) is 0.521. The molecule has 2 fully saturated rings. The molecule has 0 radical (unpaired) electrons. The van der Waals surface area contributed by atoms with Crippen LogP contribution in [0.25, 0.3) is 0 Å². The molecule has 2 saturated heterocycles. The Balaban J connectivity index is 2.27. The Morgan fingerprint density at radius 1 is 1.47 bits per heavy atom. The number of carbonyl (C=O) groups excluding carboxylic acids is 2. The third-order valence-electron chi connectivity index (χ3n) is 3.64. The van der Waals surface area contributed by atoms with E-state index in [2.05, 4.69) is 0 Å². The highest BCUT2D eigenvalue weighted by Gasteiger charge is 2.60. The van der Waals surface area contributed by atoms with Gasteiger partial charge in [0.1, 0.15) is 17.3 Å². The molecule has 0 amide bonds. The van der Waals surface area contributed by atoms with Gasteiger partial charge in [-0.2, -0.15) is 0 Å². The van der Waals surface area contributed by atoms with Gasteiger partial charge in [0.05, 0.1) is 6.42 Å². The van der Waals surface area contributed by atoms with Gasteiger partial charge in [0, 0.05) is 6.42 Å². The first-order valence-corrected chi connectivity index (χ1v) is 5.46. The van der Waals surface area contributed by atoms with Crippen LogP contribution in [0, 0.1) is 0 Å². The lowest BCUT2D eigenvalue weighted by molar-refractivity contribution is -0.149. The van der Waals surface area contributed by atoms with Crippen molar-refractivity contribution in [2.45, 2.75) is 56.8 Å². The minimum atomic E-state index is -0.735. The van der Waals surface area contributed by atoms with E-state index in [1.54, 1.807) is 0 Å². The summed E-state index contributed by atoms with van der Waals surface area (Å²) in [6.45, 7) is 3.88. The lowest BCUT2D eigenvalue weighted by Crippen LogP contribution is -2.35. The predicted octanol–water partition coefficient (Wildman–Crippen LogP) is 1.22. The van der Waals surface area contributed by atoms with Crippen molar-refractivity contribution in [2.75, 3.05) is 0 Å². The summed E-state index contributed by atoms with van der Waals surface area (Å²) in [5.41, 5.74) is -1.28. The summed E-state index contributed by atoms with van der Waals surface area (Å²) in [6.07, 6.45) is 2.75. The zero-order valence-corrected chi connectivity index (χ0v) is 9.12. The van der Waals surface area contributed by atoms with Crippen LogP contribution < -0.4 is 0 Å². The Morgan fingerprint density at radius 2 is 2.20 bits per heavy atom. The SMILES string of the molecule is CC[C@]1(C=O)C[C@]2(CC)OC(=O)C[C@@H]2O1. The normalized spacial score (nSPS) is 43.9. The van der Waals surface area contributed by atoms with Crippen LogP contribution in [-0.2, 0) is 19.1 Å². The minimum Gasteiger partial charge on any atom is -0.456 e. The minimum absolute atomic E-state index is 0.211. The maximum Gasteiger partial charge on any atom is 0.309 e. The Kier molecular flexibility index (Phi) is 2.34. The Labute approximate surface area is 88.9 Å². The number of ether oxygens (including phenoxy) is 2. The Bertz CT molecular complexity index is 301. The average molecular weight is 212 g/mol. The molecule has 0 aromatic carbocycles. The first-order chi connectivity index (χ1) is 7.10. The standard InChI is InChI=1S/C11H16O4/c1-3-10(7-12)6-11(4-2)8(14-10)5-9(13)15-11/h7-8H,3-6H2,1-2H3/t8-,10+,11-/m0/s1. The van der Waals surface area contributed by atoms with Gasteiger partial charge < -0.3 is 14.3 Å². The lowest BCUT2D eigenvalue weighted by atomic mass is 9.85. The van der Waals surface area contributed by atoms with E-state index in [9.17, 15) is 9.59 Å². The summed E-state index contributed by atoms with van der Waals surface area (Å²) in [4.78, 5) is 22.3. The van der Waals surface area contributed by atoms with Crippen molar-refractivity contribution >= 4 is 12.3 Å². The molecule has 0 unspecified atom stereocenters.